The molecule has 0 aromatic heterocycles. The molecule has 0 radical (unpaired) electrons. The fraction of sp³-hybridized carbons (Fsp3) is 0.762. The average Bonchev–Trinajstić information content (AvgIpc) is 3.27. The molecule has 1 aliphatic heterocycles. The van der Waals surface area contributed by atoms with E-state index in [4.69, 9.17) is 54.2 Å². The first-order valence-electron chi connectivity index (χ1n) is 12.0. The number of unbranched alkanes of at least 4 members (excludes halogenated alkanes) is 1. The number of carboxylic acids is 3. The fourth-order valence-corrected chi connectivity index (χ4v) is 2.79. The molecule has 17 N–H and O–H groups in total. The number of hydrogen-bond acceptors (Lipinski definition) is 11. The highest BCUT2D eigenvalue weighted by Crippen LogP contribution is 2.05. The third kappa shape index (κ3) is 19.1. The number of nitrogens with two attached hydrogens (primary N) is 5. The Labute approximate surface area is 220 Å². The van der Waals surface area contributed by atoms with Crippen molar-refractivity contribution in [2.75, 3.05) is 19.6 Å². The van der Waals surface area contributed by atoms with Crippen molar-refractivity contribution in [1.29, 1.82) is 0 Å². The number of hydrogen-bond donors (Lipinski definition) is 12. The minimum Gasteiger partial charge on any atom is -0.480 e. The van der Waals surface area contributed by atoms with Crippen LogP contribution < -0.4 is 39.3 Å². The molecule has 38 heavy (non-hydrogen) atoms. The number of aliphatic carboxylic acids is 3. The number of aliphatic hydroxyl groups is 2. The van der Waals surface area contributed by atoms with Gasteiger partial charge in [-0.15, -0.1) is 0 Å². The monoisotopic (exact) mass is 552 g/mol. The Morgan fingerprint density at radius 3 is 1.97 bits per heavy atom. The Morgan fingerprint density at radius 2 is 1.63 bits per heavy atom. The van der Waals surface area contributed by atoms with Gasteiger partial charge in [0.25, 0.3) is 0 Å². The zero-order chi connectivity index (χ0) is 29.8. The standard InChI is InChI=1S/C12H26N6O3.C5H9NO3.C4H9NO3/c13-6-2-1-5-9(11(20)21)18-10(19)8(14)4-3-7-17-12(15)16;7-3-1-4(5(8)9)6-2-3;1-2(6)3(5)4(7)8/h8-9H,1-7,13-14H2,(H,18,19)(H,20,21)(H4,15,16,17);3-4,6-7H,1-2H2,(H,8,9);2-3,6H,5H2,1H3,(H,7,8)/t8-,9-;3-,4+;2-,3+/m011/s1. The minimum atomic E-state index is -1.18. The summed E-state index contributed by atoms with van der Waals surface area (Å²) in [4.78, 5) is 46.7. The van der Waals surface area contributed by atoms with Crippen LogP contribution in [0, 0.1) is 0 Å². The number of carbonyl (C=O) groups excluding carboxylic acids is 1. The van der Waals surface area contributed by atoms with E-state index in [0.29, 0.717) is 58.2 Å². The van der Waals surface area contributed by atoms with E-state index in [1.807, 2.05) is 0 Å². The Morgan fingerprint density at radius 1 is 1.03 bits per heavy atom. The summed E-state index contributed by atoms with van der Waals surface area (Å²) in [6.45, 7) is 2.60. The van der Waals surface area contributed by atoms with Crippen molar-refractivity contribution in [2.45, 2.75) is 81.8 Å². The molecular formula is C21H44N8O9. The second-order valence-corrected chi connectivity index (χ2v) is 8.53. The Kier molecular flexibility index (Phi) is 20.4. The summed E-state index contributed by atoms with van der Waals surface area (Å²) in [5.41, 5.74) is 26.3. The van der Waals surface area contributed by atoms with Crippen LogP contribution in [0.5, 0.6) is 0 Å². The normalized spacial score (nSPS) is 19.2. The molecule has 1 saturated heterocycles. The number of β-amino-alcohol motifs (C(OH)–C–C–N with tert-alkyl or cyclic N) is 1. The lowest BCUT2D eigenvalue weighted by Gasteiger charge is -2.17. The van der Waals surface area contributed by atoms with Crippen molar-refractivity contribution in [3.63, 3.8) is 0 Å². The maximum absolute atomic E-state index is 11.8. The highest BCUT2D eigenvalue weighted by atomic mass is 16.4. The van der Waals surface area contributed by atoms with Crippen molar-refractivity contribution in [1.82, 2.24) is 10.6 Å². The first-order chi connectivity index (χ1) is 17.6. The Balaban J connectivity index is 0. The number of carboxylic acid groups (broad SMARTS) is 3. The molecule has 0 bridgehead atoms. The number of aliphatic hydroxyl groups excluding tert-OH is 2. The largest absolute Gasteiger partial charge is 0.480 e. The summed E-state index contributed by atoms with van der Waals surface area (Å²) in [5, 5.41) is 47.9. The van der Waals surface area contributed by atoms with Crippen molar-refractivity contribution in [2.24, 2.45) is 33.7 Å². The fourth-order valence-electron chi connectivity index (χ4n) is 2.79. The van der Waals surface area contributed by atoms with Crippen molar-refractivity contribution < 1.29 is 44.7 Å². The predicted molar refractivity (Wildman–Crippen MR) is 138 cm³/mol. The molecule has 0 aromatic carbocycles. The van der Waals surface area contributed by atoms with Crippen LogP contribution >= 0.6 is 0 Å². The van der Waals surface area contributed by atoms with Crippen molar-refractivity contribution in [3.8, 4) is 0 Å². The molecule has 0 spiro atoms. The second-order valence-electron chi connectivity index (χ2n) is 8.53. The smallest absolute Gasteiger partial charge is 0.326 e. The maximum atomic E-state index is 11.8. The van der Waals surface area contributed by atoms with Crippen LogP contribution in [-0.2, 0) is 19.2 Å². The first kappa shape index (κ1) is 37.1. The summed E-state index contributed by atoms with van der Waals surface area (Å²) in [5.74, 6) is -3.64. The number of carbonyl (C=O) groups is 4. The van der Waals surface area contributed by atoms with Crippen molar-refractivity contribution >= 4 is 29.8 Å². The zero-order valence-electron chi connectivity index (χ0n) is 21.5. The van der Waals surface area contributed by atoms with Gasteiger partial charge in [-0.05, 0) is 45.6 Å². The van der Waals surface area contributed by atoms with Gasteiger partial charge >= 0.3 is 17.9 Å². The summed E-state index contributed by atoms with van der Waals surface area (Å²) < 4.78 is 0. The van der Waals surface area contributed by atoms with Crippen LogP contribution in [0.25, 0.3) is 0 Å². The van der Waals surface area contributed by atoms with E-state index in [-0.39, 0.29) is 5.96 Å². The predicted octanol–water partition coefficient (Wildman–Crippen LogP) is -4.36. The minimum absolute atomic E-state index is 0.0149. The molecular weight excluding hydrogens is 508 g/mol. The number of nitrogens with zero attached hydrogens (tertiary/aromatic N) is 1. The van der Waals surface area contributed by atoms with E-state index in [0.717, 1.165) is 0 Å². The van der Waals surface area contributed by atoms with Gasteiger partial charge in [0.1, 0.15) is 18.1 Å². The number of nitrogens with one attached hydrogen (secondary N) is 2. The summed E-state index contributed by atoms with van der Waals surface area (Å²) in [6, 6.07) is -3.42. The van der Waals surface area contributed by atoms with Gasteiger partial charge in [0, 0.05) is 19.5 Å². The molecule has 0 unspecified atom stereocenters. The second kappa shape index (κ2) is 20.9. The summed E-state index contributed by atoms with van der Waals surface area (Å²) in [7, 11) is 0. The SMILES string of the molecule is C[C@@H](O)[C@H](N)C(=O)O.NCCCC[C@H](NC(=O)[C@@H](N)CCCN=C(N)N)C(=O)O.O=C(O)[C@@H]1C[C@@H](O)CN1. The summed E-state index contributed by atoms with van der Waals surface area (Å²) in [6.07, 6.45) is 1.46. The molecule has 1 amide bonds. The van der Waals surface area contributed by atoms with Crippen LogP contribution in [-0.4, -0.2) is 111 Å². The van der Waals surface area contributed by atoms with Gasteiger partial charge in [-0.2, -0.15) is 0 Å². The van der Waals surface area contributed by atoms with Crippen molar-refractivity contribution in [3.05, 3.63) is 0 Å². The number of rotatable bonds is 14. The van der Waals surface area contributed by atoms with Crippen LogP contribution in [0.4, 0.5) is 0 Å². The lowest BCUT2D eigenvalue weighted by molar-refractivity contribution is -0.142. The average molecular weight is 553 g/mol. The number of amides is 1. The van der Waals surface area contributed by atoms with E-state index < -0.39 is 60.2 Å². The number of aliphatic imine (C=N–C) groups is 1. The Hall–Kier alpha value is -3.09. The van der Waals surface area contributed by atoms with Crippen LogP contribution in [0.15, 0.2) is 4.99 Å². The van der Waals surface area contributed by atoms with Gasteiger partial charge in [0.2, 0.25) is 5.91 Å². The molecule has 1 rings (SSSR count). The van der Waals surface area contributed by atoms with E-state index in [1.54, 1.807) is 0 Å². The van der Waals surface area contributed by atoms with E-state index in [9.17, 15) is 19.2 Å². The molecule has 0 aliphatic carbocycles. The summed E-state index contributed by atoms with van der Waals surface area (Å²) >= 11 is 0. The van der Waals surface area contributed by atoms with Crippen LogP contribution in [0.1, 0.15) is 45.4 Å². The van der Waals surface area contributed by atoms with Gasteiger partial charge in [-0.1, -0.05) is 0 Å². The van der Waals surface area contributed by atoms with Crippen LogP contribution in [0.2, 0.25) is 0 Å². The zero-order valence-corrected chi connectivity index (χ0v) is 21.5. The molecule has 0 saturated carbocycles. The van der Waals surface area contributed by atoms with Gasteiger partial charge < -0.3 is 64.8 Å². The molecule has 222 valence electrons. The molecule has 0 aromatic rings. The molecule has 1 aliphatic rings. The maximum Gasteiger partial charge on any atom is 0.326 e. The highest BCUT2D eigenvalue weighted by molar-refractivity contribution is 5.86. The quantitative estimate of drug-likeness (QED) is 0.0550. The Bertz CT molecular complexity index is 750. The number of guanidine groups is 1. The first-order valence-corrected chi connectivity index (χ1v) is 12.0. The molecule has 1 fully saturated rings. The third-order valence-electron chi connectivity index (χ3n) is 5.08. The lowest BCUT2D eigenvalue weighted by Crippen LogP contribution is -2.48. The highest BCUT2D eigenvalue weighted by Gasteiger charge is 2.27. The van der Waals surface area contributed by atoms with Gasteiger partial charge in [0.05, 0.1) is 18.2 Å². The van der Waals surface area contributed by atoms with Crippen LogP contribution in [0.3, 0.4) is 0 Å². The van der Waals surface area contributed by atoms with E-state index >= 15 is 0 Å². The van der Waals surface area contributed by atoms with E-state index in [1.165, 1.54) is 6.92 Å². The lowest BCUT2D eigenvalue weighted by atomic mass is 10.1. The van der Waals surface area contributed by atoms with Gasteiger partial charge in [-0.25, -0.2) is 4.79 Å². The molecule has 1 heterocycles. The third-order valence-corrected chi connectivity index (χ3v) is 5.08. The molecule has 17 heteroatoms. The van der Waals surface area contributed by atoms with Gasteiger partial charge in [-0.3, -0.25) is 19.4 Å². The van der Waals surface area contributed by atoms with E-state index in [2.05, 4.69) is 15.6 Å². The molecule has 17 nitrogen and oxygen atoms in total. The topological polar surface area (TPSA) is 336 Å². The molecule has 6 atom stereocenters. The van der Waals surface area contributed by atoms with Gasteiger partial charge in [0.15, 0.2) is 5.96 Å².